The van der Waals surface area contributed by atoms with E-state index in [2.05, 4.69) is 27.0 Å². The lowest BCUT2D eigenvalue weighted by Crippen LogP contribution is -2.41. The number of ether oxygens (including phenoxy) is 2. The summed E-state index contributed by atoms with van der Waals surface area (Å²) in [5.41, 5.74) is 3.50. The van der Waals surface area contributed by atoms with E-state index in [9.17, 15) is 9.59 Å². The van der Waals surface area contributed by atoms with Crippen molar-refractivity contribution in [2.24, 2.45) is 0 Å². The highest BCUT2D eigenvalue weighted by Gasteiger charge is 2.32. The first-order valence-corrected chi connectivity index (χ1v) is 12.7. The maximum Gasteiger partial charge on any atom is 0.251 e. The molecule has 182 valence electrons. The van der Waals surface area contributed by atoms with E-state index in [4.69, 9.17) is 9.47 Å². The molecule has 1 atom stereocenters. The summed E-state index contributed by atoms with van der Waals surface area (Å²) in [6, 6.07) is 15.6. The van der Waals surface area contributed by atoms with Gasteiger partial charge >= 0.3 is 0 Å². The first-order chi connectivity index (χ1) is 17.1. The largest absolute Gasteiger partial charge is 0.493 e. The van der Waals surface area contributed by atoms with Crippen molar-refractivity contribution in [1.82, 2.24) is 10.2 Å². The van der Waals surface area contributed by atoms with Crippen molar-refractivity contribution in [3.63, 3.8) is 0 Å². The smallest absolute Gasteiger partial charge is 0.251 e. The Morgan fingerprint density at radius 3 is 2.57 bits per heavy atom. The van der Waals surface area contributed by atoms with Crippen LogP contribution in [0, 0.1) is 0 Å². The van der Waals surface area contributed by atoms with Crippen molar-refractivity contribution >= 4 is 28.8 Å². The van der Waals surface area contributed by atoms with Gasteiger partial charge in [-0.15, -0.1) is 11.3 Å². The lowest BCUT2D eigenvalue weighted by Gasteiger charge is -2.37. The Hall–Kier alpha value is -3.36. The van der Waals surface area contributed by atoms with Gasteiger partial charge in [-0.05, 0) is 72.2 Å². The summed E-state index contributed by atoms with van der Waals surface area (Å²) in [7, 11) is 3.28. The number of nitrogens with zero attached hydrogens (tertiary/aromatic N) is 1. The molecule has 0 unspecified atom stereocenters. The van der Waals surface area contributed by atoms with Crippen LogP contribution < -0.4 is 20.1 Å². The highest BCUT2D eigenvalue weighted by molar-refractivity contribution is 7.10. The van der Waals surface area contributed by atoms with Crippen molar-refractivity contribution in [2.45, 2.75) is 31.3 Å². The Morgan fingerprint density at radius 2 is 1.86 bits per heavy atom. The molecule has 1 fully saturated rings. The molecular formula is C27H29N3O4S. The Labute approximate surface area is 209 Å². The van der Waals surface area contributed by atoms with Gasteiger partial charge in [-0.25, -0.2) is 0 Å². The summed E-state index contributed by atoms with van der Waals surface area (Å²) in [5.74, 6) is 1.18. The molecule has 35 heavy (non-hydrogen) atoms. The molecule has 3 aromatic rings. The van der Waals surface area contributed by atoms with Gasteiger partial charge in [0.25, 0.3) is 5.91 Å². The third-order valence-corrected chi connectivity index (χ3v) is 7.38. The molecule has 7 nitrogen and oxygen atoms in total. The second kappa shape index (κ2) is 10.1. The normalized spacial score (nSPS) is 17.4. The number of fused-ring (bicyclic) bond motifs is 1. The predicted octanol–water partition coefficient (Wildman–Crippen LogP) is 4.24. The number of carbonyl (C=O) groups is 2. The first kappa shape index (κ1) is 23.4. The molecule has 0 bridgehead atoms. The van der Waals surface area contributed by atoms with Crippen LogP contribution in [0.3, 0.4) is 0 Å². The molecule has 5 rings (SSSR count). The van der Waals surface area contributed by atoms with Gasteiger partial charge in [0.1, 0.15) is 0 Å². The molecule has 0 spiro atoms. The molecule has 0 saturated heterocycles. The number of carbonyl (C=O) groups excluding carboxylic acids is 2. The molecule has 8 heteroatoms. The molecule has 2 amide bonds. The standard InChI is InChI=1S/C27H29N3O4S/c1-33-22-14-17-10-11-30(26(24-7-4-12-35-24)21(17)15-23(22)34-2)16-25(31)28-20-6-3-5-18(13-20)27(32)29-19-8-9-19/h3-7,12-15,19,26H,8-11,16H2,1-2H3,(H,28,31)(H,29,32)/t26-/m1/s1. The average molecular weight is 492 g/mol. The second-order valence-electron chi connectivity index (χ2n) is 8.92. The van der Waals surface area contributed by atoms with Crippen LogP contribution in [0.4, 0.5) is 5.69 Å². The monoisotopic (exact) mass is 491 g/mol. The van der Waals surface area contributed by atoms with Crippen molar-refractivity contribution in [3.05, 3.63) is 75.5 Å². The third-order valence-electron chi connectivity index (χ3n) is 6.45. The van der Waals surface area contributed by atoms with E-state index < -0.39 is 0 Å². The summed E-state index contributed by atoms with van der Waals surface area (Å²) < 4.78 is 11.1. The molecule has 2 aromatic carbocycles. The zero-order valence-corrected chi connectivity index (χ0v) is 20.7. The molecular weight excluding hydrogens is 462 g/mol. The first-order valence-electron chi connectivity index (χ1n) is 11.8. The van der Waals surface area contributed by atoms with E-state index in [1.165, 1.54) is 10.4 Å². The van der Waals surface area contributed by atoms with Crippen LogP contribution in [-0.4, -0.2) is 50.1 Å². The van der Waals surface area contributed by atoms with Gasteiger partial charge in [0.15, 0.2) is 11.5 Å². The van der Waals surface area contributed by atoms with Gasteiger partial charge < -0.3 is 20.1 Å². The number of hydrogen-bond acceptors (Lipinski definition) is 6. The van der Waals surface area contributed by atoms with Crippen LogP contribution in [-0.2, 0) is 11.2 Å². The molecule has 1 aliphatic carbocycles. The molecule has 1 aliphatic heterocycles. The number of anilines is 1. The average Bonchev–Trinajstić information content (AvgIpc) is 3.52. The number of methoxy groups -OCH3 is 2. The van der Waals surface area contributed by atoms with E-state index in [0.717, 1.165) is 31.4 Å². The van der Waals surface area contributed by atoms with Crippen LogP contribution in [0.5, 0.6) is 11.5 Å². The van der Waals surface area contributed by atoms with Gasteiger partial charge in [0, 0.05) is 28.7 Å². The van der Waals surface area contributed by atoms with Crippen molar-refractivity contribution in [2.75, 3.05) is 32.6 Å². The summed E-state index contributed by atoms with van der Waals surface area (Å²) in [5, 5.41) is 8.03. The highest BCUT2D eigenvalue weighted by atomic mass is 32.1. The number of nitrogens with one attached hydrogen (secondary N) is 2. The van der Waals surface area contributed by atoms with Gasteiger partial charge in [-0.3, -0.25) is 14.5 Å². The van der Waals surface area contributed by atoms with Gasteiger partial charge in [-0.1, -0.05) is 12.1 Å². The van der Waals surface area contributed by atoms with Crippen LogP contribution in [0.2, 0.25) is 0 Å². The van der Waals surface area contributed by atoms with Gasteiger partial charge in [-0.2, -0.15) is 0 Å². The van der Waals surface area contributed by atoms with E-state index >= 15 is 0 Å². The van der Waals surface area contributed by atoms with Gasteiger partial charge in [0.2, 0.25) is 5.91 Å². The fourth-order valence-electron chi connectivity index (χ4n) is 4.57. The fraction of sp³-hybridized carbons (Fsp3) is 0.333. The molecule has 2 aliphatic rings. The van der Waals surface area contributed by atoms with E-state index in [-0.39, 0.29) is 30.4 Å². The highest BCUT2D eigenvalue weighted by Crippen LogP contribution is 2.42. The summed E-state index contributed by atoms with van der Waals surface area (Å²) >= 11 is 1.68. The summed E-state index contributed by atoms with van der Waals surface area (Å²) in [4.78, 5) is 28.9. The number of benzene rings is 2. The second-order valence-corrected chi connectivity index (χ2v) is 9.90. The van der Waals surface area contributed by atoms with Crippen LogP contribution in [0.15, 0.2) is 53.9 Å². The van der Waals surface area contributed by atoms with Crippen molar-refractivity contribution in [1.29, 1.82) is 0 Å². The SMILES string of the molecule is COc1cc2c(cc1OC)[C@H](c1cccs1)N(CC(=O)Nc1cccc(C(=O)NC3CC3)c1)CC2. The van der Waals surface area contributed by atoms with Crippen LogP contribution in [0.1, 0.15) is 45.2 Å². The van der Waals surface area contributed by atoms with E-state index in [1.54, 1.807) is 43.8 Å². The van der Waals surface area contributed by atoms with Crippen LogP contribution >= 0.6 is 11.3 Å². The van der Waals surface area contributed by atoms with Crippen LogP contribution in [0.25, 0.3) is 0 Å². The molecule has 2 heterocycles. The van der Waals surface area contributed by atoms with E-state index in [0.29, 0.717) is 22.7 Å². The maximum absolute atomic E-state index is 13.1. The number of thiophene rings is 1. The van der Waals surface area contributed by atoms with Crippen molar-refractivity contribution < 1.29 is 19.1 Å². The van der Waals surface area contributed by atoms with E-state index in [1.807, 2.05) is 24.3 Å². The molecule has 1 saturated carbocycles. The Morgan fingerprint density at radius 1 is 1.06 bits per heavy atom. The van der Waals surface area contributed by atoms with Gasteiger partial charge in [0.05, 0.1) is 26.8 Å². The predicted molar refractivity (Wildman–Crippen MR) is 137 cm³/mol. The summed E-state index contributed by atoms with van der Waals surface area (Å²) in [6.45, 7) is 0.969. The molecule has 2 N–H and O–H groups in total. The Bertz CT molecular complexity index is 1220. The third kappa shape index (κ3) is 5.18. The number of amides is 2. The zero-order valence-electron chi connectivity index (χ0n) is 19.9. The minimum Gasteiger partial charge on any atom is -0.493 e. The Balaban J connectivity index is 1.35. The van der Waals surface area contributed by atoms with Crippen molar-refractivity contribution in [3.8, 4) is 11.5 Å². The fourth-order valence-corrected chi connectivity index (χ4v) is 5.44. The molecule has 1 aromatic heterocycles. The minimum atomic E-state index is -0.116. The quantitative estimate of drug-likeness (QED) is 0.493. The molecule has 0 radical (unpaired) electrons. The zero-order chi connectivity index (χ0) is 24.4. The Kier molecular flexibility index (Phi) is 6.74. The topological polar surface area (TPSA) is 79.9 Å². The minimum absolute atomic E-state index is 0.0556. The lowest BCUT2D eigenvalue weighted by molar-refractivity contribution is -0.117. The number of rotatable bonds is 8. The number of hydrogen-bond donors (Lipinski definition) is 2. The maximum atomic E-state index is 13.1. The summed E-state index contributed by atoms with van der Waals surface area (Å²) in [6.07, 6.45) is 2.87. The lowest BCUT2D eigenvalue weighted by atomic mass is 9.91.